The summed E-state index contributed by atoms with van der Waals surface area (Å²) in [6.07, 6.45) is 7.99. The van der Waals surface area contributed by atoms with E-state index in [0.29, 0.717) is 122 Å². The van der Waals surface area contributed by atoms with Gasteiger partial charge in [0.05, 0.1) is 68.4 Å². The zero-order valence-electron chi connectivity index (χ0n) is 44.8. The number of carbonyl (C=O) groups is 4. The van der Waals surface area contributed by atoms with Crippen molar-refractivity contribution in [2.24, 2.45) is 4.99 Å². The van der Waals surface area contributed by atoms with Gasteiger partial charge in [0, 0.05) is 77.1 Å². The van der Waals surface area contributed by atoms with Crippen molar-refractivity contribution in [1.82, 2.24) is 30.6 Å². The van der Waals surface area contributed by atoms with Gasteiger partial charge in [0.25, 0.3) is 5.69 Å². The number of aromatic nitrogens is 4. The van der Waals surface area contributed by atoms with Crippen molar-refractivity contribution < 1.29 is 57.3 Å². The predicted molar refractivity (Wildman–Crippen MR) is 292 cm³/mol. The van der Waals surface area contributed by atoms with Gasteiger partial charge in [0.1, 0.15) is 36.3 Å². The first kappa shape index (κ1) is 60.1. The zero-order valence-corrected chi connectivity index (χ0v) is 44.8. The van der Waals surface area contributed by atoms with Crippen molar-refractivity contribution in [1.29, 1.82) is 0 Å². The molecule has 0 radical (unpaired) electrons. The Labute approximate surface area is 458 Å². The highest BCUT2D eigenvalue weighted by atomic mass is 16.6. The molecule has 0 aliphatic carbocycles. The van der Waals surface area contributed by atoms with E-state index in [9.17, 15) is 29.3 Å². The lowest BCUT2D eigenvalue weighted by Gasteiger charge is -2.18. The number of anilines is 2. The lowest BCUT2D eigenvalue weighted by Crippen LogP contribution is -2.28. The normalized spacial score (nSPS) is 11.9. The molecule has 6 N–H and O–H groups in total. The molecule has 3 aromatic carbocycles. The predicted octanol–water partition coefficient (Wildman–Crippen LogP) is 6.97. The maximum atomic E-state index is 12.9. The SMILES string of the molecule is COc1cc(C(C)NC(=O)CCCC(=O)NCc2ccc(COc3nc(N)nc4c3N=CC4)cc2)c([N+](=O)[O-])cc1OCCCC(=O)CCCOCCOCCOCCCC(=O)CCc1ccc(COc2nccc(N)n2)cc1. The molecule has 2 amide bonds. The van der Waals surface area contributed by atoms with E-state index in [0.717, 1.165) is 27.9 Å². The van der Waals surface area contributed by atoms with E-state index >= 15 is 0 Å². The fourth-order valence-electron chi connectivity index (χ4n) is 8.07. The van der Waals surface area contributed by atoms with Gasteiger partial charge in [-0.25, -0.2) is 9.97 Å². The summed E-state index contributed by atoms with van der Waals surface area (Å²) in [7, 11) is 1.41. The first-order valence-corrected chi connectivity index (χ1v) is 26.3. The molecule has 23 heteroatoms. The Morgan fingerprint density at radius 1 is 0.671 bits per heavy atom. The molecule has 0 spiro atoms. The van der Waals surface area contributed by atoms with Gasteiger partial charge >= 0.3 is 6.01 Å². The summed E-state index contributed by atoms with van der Waals surface area (Å²) in [5, 5.41) is 17.8. The molecule has 0 saturated heterocycles. The van der Waals surface area contributed by atoms with Crippen LogP contribution in [0.3, 0.4) is 0 Å². The summed E-state index contributed by atoms with van der Waals surface area (Å²) in [5.41, 5.74) is 16.5. The van der Waals surface area contributed by atoms with Gasteiger partial charge in [-0.15, -0.1) is 0 Å². The number of nitrogens with one attached hydrogen (secondary N) is 2. The van der Waals surface area contributed by atoms with Crippen LogP contribution in [0.5, 0.6) is 23.4 Å². The third-order valence-corrected chi connectivity index (χ3v) is 12.3. The highest BCUT2D eigenvalue weighted by Crippen LogP contribution is 2.38. The minimum atomic E-state index is -0.762. The third kappa shape index (κ3) is 21.3. The molecule has 422 valence electrons. The molecule has 1 atom stereocenters. The van der Waals surface area contributed by atoms with E-state index in [2.05, 4.69) is 35.6 Å². The summed E-state index contributed by atoms with van der Waals surface area (Å²) in [6, 6.07) is 19.2. The van der Waals surface area contributed by atoms with Gasteiger partial charge in [0.15, 0.2) is 11.5 Å². The highest BCUT2D eigenvalue weighted by molar-refractivity contribution is 5.80. The second-order valence-corrected chi connectivity index (χ2v) is 18.5. The number of hydrogen-bond acceptors (Lipinski definition) is 20. The number of aryl methyl sites for hydroxylation is 1. The molecule has 0 saturated carbocycles. The molecular weight excluding hydrogens is 1020 g/mol. The van der Waals surface area contributed by atoms with Crippen LogP contribution >= 0.6 is 0 Å². The van der Waals surface area contributed by atoms with E-state index in [1.54, 1.807) is 25.4 Å². The van der Waals surface area contributed by atoms with E-state index in [-0.39, 0.29) is 97.0 Å². The molecule has 1 aliphatic heterocycles. The number of ether oxygens (including phenoxy) is 7. The van der Waals surface area contributed by atoms with Crippen molar-refractivity contribution in [3.05, 3.63) is 117 Å². The number of benzene rings is 3. The molecule has 0 bridgehead atoms. The minimum Gasteiger partial charge on any atom is -0.493 e. The largest absolute Gasteiger partial charge is 0.493 e. The van der Waals surface area contributed by atoms with Crippen LogP contribution in [0, 0.1) is 10.1 Å². The number of carbonyl (C=O) groups excluding carboxylic acids is 4. The molecule has 1 aliphatic rings. The minimum absolute atomic E-state index is 0.0276. The van der Waals surface area contributed by atoms with Crippen LogP contribution in [0.1, 0.15) is 111 Å². The van der Waals surface area contributed by atoms with Crippen LogP contribution in [0.4, 0.5) is 23.1 Å². The molecule has 3 heterocycles. The first-order valence-electron chi connectivity index (χ1n) is 26.3. The van der Waals surface area contributed by atoms with E-state index < -0.39 is 11.0 Å². The number of nitrogen functional groups attached to an aromatic ring is 2. The lowest BCUT2D eigenvalue weighted by atomic mass is 10.0. The summed E-state index contributed by atoms with van der Waals surface area (Å²) in [6.45, 7) is 5.04. The smallest absolute Gasteiger partial charge is 0.318 e. The second-order valence-electron chi connectivity index (χ2n) is 18.5. The van der Waals surface area contributed by atoms with Crippen molar-refractivity contribution in [2.75, 3.05) is 64.8 Å². The Hall–Kier alpha value is -8.15. The third-order valence-electron chi connectivity index (χ3n) is 12.3. The van der Waals surface area contributed by atoms with Crippen molar-refractivity contribution in [3.63, 3.8) is 0 Å². The van der Waals surface area contributed by atoms with Gasteiger partial charge in [-0.05, 0) is 73.4 Å². The van der Waals surface area contributed by atoms with Crippen LogP contribution in [0.25, 0.3) is 0 Å². The van der Waals surface area contributed by atoms with Crippen LogP contribution in [-0.4, -0.2) is 108 Å². The zero-order chi connectivity index (χ0) is 56.2. The van der Waals surface area contributed by atoms with Gasteiger partial charge in [0.2, 0.25) is 23.6 Å². The monoisotopic (exact) mass is 1090 g/mol. The Balaban J connectivity index is 0.748. The number of rotatable bonds is 38. The Morgan fingerprint density at radius 3 is 1.94 bits per heavy atom. The number of nitrogens with zero attached hydrogens (tertiary/aromatic N) is 6. The summed E-state index contributed by atoms with van der Waals surface area (Å²) >= 11 is 0. The average Bonchev–Trinajstić information content (AvgIpc) is 3.96. The van der Waals surface area contributed by atoms with Gasteiger partial charge < -0.3 is 55.3 Å². The molecule has 2 aromatic heterocycles. The number of nitro benzene ring substituents is 1. The Bertz CT molecular complexity index is 2820. The molecule has 23 nitrogen and oxygen atoms in total. The lowest BCUT2D eigenvalue weighted by molar-refractivity contribution is -0.385. The van der Waals surface area contributed by atoms with E-state index in [1.165, 1.54) is 19.2 Å². The van der Waals surface area contributed by atoms with Gasteiger partial charge in [-0.1, -0.05) is 48.5 Å². The summed E-state index contributed by atoms with van der Waals surface area (Å²) in [5.74, 6) is 0.790. The number of ketones is 2. The Kier molecular flexibility index (Phi) is 24.8. The first-order chi connectivity index (χ1) is 38.3. The number of Topliss-reactive ketones (excluding diaryl/α,β-unsaturated/α-hetero) is 2. The average molecular weight is 1090 g/mol. The number of fused-ring (bicyclic) bond motifs is 1. The van der Waals surface area contributed by atoms with Gasteiger partial charge in [-0.2, -0.15) is 9.97 Å². The van der Waals surface area contributed by atoms with Crippen LogP contribution in [0.15, 0.2) is 77.9 Å². The van der Waals surface area contributed by atoms with Crippen molar-refractivity contribution >= 4 is 52.7 Å². The van der Waals surface area contributed by atoms with Crippen LogP contribution < -0.4 is 41.0 Å². The van der Waals surface area contributed by atoms with Crippen LogP contribution in [-0.2, 0) is 66.0 Å². The molecule has 0 fully saturated rings. The number of methoxy groups -OCH3 is 1. The summed E-state index contributed by atoms with van der Waals surface area (Å²) < 4.78 is 39.5. The molecule has 5 aromatic rings. The molecule has 6 rings (SSSR count). The van der Waals surface area contributed by atoms with Gasteiger partial charge in [-0.3, -0.25) is 34.3 Å². The molecular formula is C56H70N10O13. The van der Waals surface area contributed by atoms with Crippen molar-refractivity contribution in [3.8, 4) is 23.4 Å². The van der Waals surface area contributed by atoms with Crippen LogP contribution in [0.2, 0.25) is 0 Å². The maximum absolute atomic E-state index is 12.9. The summed E-state index contributed by atoms with van der Waals surface area (Å²) in [4.78, 5) is 82.6. The Morgan fingerprint density at radius 2 is 1.28 bits per heavy atom. The standard InChI is InChI=1S/C56H70N10O13/c1-38(62-52(70)11-3-10-51(69)61-35-40-14-18-41(19-15-40)36-78-54-53-46(22-24-59-53)63-55(58)65-54)45-33-48(73-2)49(34-47(45)66(71)72)77-28-6-9-43(67)7-4-26-74-29-31-76-32-30-75-27-5-8-44(68)21-20-39-12-16-42(17-13-39)37-79-56-60-25-23-50(57)64-56/h12-19,23-25,33-34,38H,3-11,20-22,26-32,35-37H2,1-2H3,(H,61,69)(H,62,70)(H2,57,60,64)(H2,58,63,65). The van der Waals surface area contributed by atoms with Crippen molar-refractivity contribution in [2.45, 2.75) is 110 Å². The van der Waals surface area contributed by atoms with E-state index in [4.69, 9.17) is 44.6 Å². The molecule has 1 unspecified atom stereocenters. The molecule has 79 heavy (non-hydrogen) atoms. The number of nitrogens with two attached hydrogens (primary N) is 2. The number of nitro groups is 1. The topological polar surface area (TPSA) is 316 Å². The number of amides is 2. The maximum Gasteiger partial charge on any atom is 0.318 e. The fraction of sp³-hybridized carbons (Fsp3) is 0.446. The van der Waals surface area contributed by atoms with E-state index in [1.807, 2.05) is 48.5 Å². The quantitative estimate of drug-likeness (QED) is 0.0176. The fourth-order valence-corrected chi connectivity index (χ4v) is 8.07. The number of aliphatic imine (C=N–C) groups is 1. The number of hydrogen-bond donors (Lipinski definition) is 4. The highest BCUT2D eigenvalue weighted by Gasteiger charge is 2.25. The second kappa shape index (κ2) is 32.6.